The number of unbranched alkanes of at least 4 members (excludes halogenated alkanes) is 1. The van der Waals surface area contributed by atoms with Crippen molar-refractivity contribution in [1.82, 2.24) is 5.32 Å². The second-order valence-corrected chi connectivity index (χ2v) is 3.69. The van der Waals surface area contributed by atoms with E-state index in [1.165, 1.54) is 5.56 Å². The molecule has 0 radical (unpaired) electrons. The van der Waals surface area contributed by atoms with Crippen molar-refractivity contribution < 1.29 is 0 Å². The molecule has 1 N–H and O–H groups in total. The Morgan fingerprint density at radius 1 is 1.33 bits per heavy atom. The third-order valence-corrected chi connectivity index (χ3v) is 2.40. The van der Waals surface area contributed by atoms with Crippen LogP contribution in [0.2, 0.25) is 0 Å². The predicted molar refractivity (Wildman–Crippen MR) is 62.2 cm³/mol. The van der Waals surface area contributed by atoms with Crippen LogP contribution < -0.4 is 5.32 Å². The van der Waals surface area contributed by atoms with Crippen LogP contribution >= 0.6 is 0 Å². The topological polar surface area (TPSA) is 35.8 Å². The summed E-state index contributed by atoms with van der Waals surface area (Å²) < 4.78 is 0. The van der Waals surface area contributed by atoms with E-state index in [0.717, 1.165) is 25.8 Å². The van der Waals surface area contributed by atoms with Gasteiger partial charge in [-0.1, -0.05) is 50.1 Å². The molecular weight excluding hydrogens is 184 g/mol. The van der Waals surface area contributed by atoms with Gasteiger partial charge < -0.3 is 0 Å². The lowest BCUT2D eigenvalue weighted by atomic mass is 10.1. The SMILES string of the molecule is CCCCC(C#N)NCc1ccccc1. The molecule has 0 saturated heterocycles. The fourth-order valence-corrected chi connectivity index (χ4v) is 1.46. The Balaban J connectivity index is 2.32. The molecule has 1 aromatic rings. The first-order valence-electron chi connectivity index (χ1n) is 5.53. The largest absolute Gasteiger partial charge is 0.298 e. The Kier molecular flexibility index (Phi) is 5.50. The average molecular weight is 202 g/mol. The Morgan fingerprint density at radius 3 is 2.67 bits per heavy atom. The van der Waals surface area contributed by atoms with Gasteiger partial charge in [0.05, 0.1) is 12.1 Å². The molecule has 0 spiro atoms. The molecule has 15 heavy (non-hydrogen) atoms. The van der Waals surface area contributed by atoms with Gasteiger partial charge in [-0.05, 0) is 12.0 Å². The molecule has 1 atom stereocenters. The van der Waals surface area contributed by atoms with E-state index >= 15 is 0 Å². The van der Waals surface area contributed by atoms with Gasteiger partial charge in [0.2, 0.25) is 0 Å². The zero-order chi connectivity index (χ0) is 10.9. The Hall–Kier alpha value is -1.33. The quantitative estimate of drug-likeness (QED) is 0.770. The van der Waals surface area contributed by atoms with Crippen molar-refractivity contribution in [2.75, 3.05) is 0 Å². The van der Waals surface area contributed by atoms with E-state index in [9.17, 15) is 0 Å². The molecule has 80 valence electrons. The number of benzene rings is 1. The third-order valence-electron chi connectivity index (χ3n) is 2.40. The van der Waals surface area contributed by atoms with Crippen LogP contribution in [-0.4, -0.2) is 6.04 Å². The lowest BCUT2D eigenvalue weighted by Crippen LogP contribution is -2.26. The van der Waals surface area contributed by atoms with E-state index in [1.807, 2.05) is 18.2 Å². The maximum absolute atomic E-state index is 8.92. The lowest BCUT2D eigenvalue weighted by molar-refractivity contribution is 0.541. The molecule has 0 saturated carbocycles. The summed E-state index contributed by atoms with van der Waals surface area (Å²) in [4.78, 5) is 0. The molecule has 0 amide bonds. The summed E-state index contributed by atoms with van der Waals surface area (Å²) >= 11 is 0. The van der Waals surface area contributed by atoms with Crippen molar-refractivity contribution >= 4 is 0 Å². The summed E-state index contributed by atoms with van der Waals surface area (Å²) in [6.45, 7) is 2.93. The third kappa shape index (κ3) is 4.62. The predicted octanol–water partition coefficient (Wildman–Crippen LogP) is 2.86. The number of nitrogens with zero attached hydrogens (tertiary/aromatic N) is 1. The van der Waals surface area contributed by atoms with Gasteiger partial charge in [-0.25, -0.2) is 0 Å². The minimum Gasteiger partial charge on any atom is -0.298 e. The van der Waals surface area contributed by atoms with Crippen molar-refractivity contribution in [2.45, 2.75) is 38.8 Å². The molecule has 0 aliphatic rings. The Bertz CT molecular complexity index is 300. The highest BCUT2D eigenvalue weighted by atomic mass is 14.9. The highest BCUT2D eigenvalue weighted by molar-refractivity contribution is 5.14. The highest BCUT2D eigenvalue weighted by Crippen LogP contribution is 2.02. The van der Waals surface area contributed by atoms with Gasteiger partial charge in [0, 0.05) is 6.54 Å². The number of rotatable bonds is 6. The average Bonchev–Trinajstić information content (AvgIpc) is 2.31. The van der Waals surface area contributed by atoms with Gasteiger partial charge in [-0.3, -0.25) is 5.32 Å². The molecular formula is C13H18N2. The fourth-order valence-electron chi connectivity index (χ4n) is 1.46. The first-order chi connectivity index (χ1) is 7.36. The van der Waals surface area contributed by atoms with Crippen LogP contribution in [0, 0.1) is 11.3 Å². The van der Waals surface area contributed by atoms with Crippen LogP contribution in [0.5, 0.6) is 0 Å². The van der Waals surface area contributed by atoms with Crippen molar-refractivity contribution in [3.8, 4) is 6.07 Å². The first kappa shape index (κ1) is 11.7. The van der Waals surface area contributed by atoms with Gasteiger partial charge in [0.25, 0.3) is 0 Å². The van der Waals surface area contributed by atoms with Gasteiger partial charge in [0.1, 0.15) is 0 Å². The summed E-state index contributed by atoms with van der Waals surface area (Å²) in [7, 11) is 0. The van der Waals surface area contributed by atoms with E-state index in [4.69, 9.17) is 5.26 Å². The van der Waals surface area contributed by atoms with Crippen LogP contribution in [0.1, 0.15) is 31.7 Å². The summed E-state index contributed by atoms with van der Waals surface area (Å²) in [6.07, 6.45) is 3.20. The summed E-state index contributed by atoms with van der Waals surface area (Å²) in [6, 6.07) is 12.5. The Labute approximate surface area is 91.9 Å². The molecule has 0 fully saturated rings. The van der Waals surface area contributed by atoms with E-state index in [1.54, 1.807) is 0 Å². The zero-order valence-electron chi connectivity index (χ0n) is 9.24. The standard InChI is InChI=1S/C13H18N2/c1-2-3-9-13(10-14)15-11-12-7-5-4-6-8-12/h4-8,13,15H,2-3,9,11H2,1H3. The second-order valence-electron chi connectivity index (χ2n) is 3.69. The number of nitriles is 1. The monoisotopic (exact) mass is 202 g/mol. The van der Waals surface area contributed by atoms with E-state index < -0.39 is 0 Å². The molecule has 0 aromatic heterocycles. The van der Waals surface area contributed by atoms with Gasteiger partial charge in [-0.15, -0.1) is 0 Å². The first-order valence-corrected chi connectivity index (χ1v) is 5.53. The molecule has 1 rings (SSSR count). The minimum absolute atomic E-state index is 0.00911. The second kappa shape index (κ2) is 7.03. The maximum atomic E-state index is 8.92. The van der Waals surface area contributed by atoms with Gasteiger partial charge >= 0.3 is 0 Å². The molecule has 0 bridgehead atoms. The van der Waals surface area contributed by atoms with Crippen LogP contribution in [0.3, 0.4) is 0 Å². The summed E-state index contributed by atoms with van der Waals surface area (Å²) in [5, 5.41) is 12.2. The van der Waals surface area contributed by atoms with Crippen molar-refractivity contribution in [3.63, 3.8) is 0 Å². The zero-order valence-corrected chi connectivity index (χ0v) is 9.24. The lowest BCUT2D eigenvalue weighted by Gasteiger charge is -2.10. The van der Waals surface area contributed by atoms with Gasteiger partial charge in [-0.2, -0.15) is 5.26 Å². The highest BCUT2D eigenvalue weighted by Gasteiger charge is 2.04. The normalized spacial score (nSPS) is 12.0. The fraction of sp³-hybridized carbons (Fsp3) is 0.462. The molecule has 0 aliphatic heterocycles. The summed E-state index contributed by atoms with van der Waals surface area (Å²) in [5.41, 5.74) is 1.23. The molecule has 0 aliphatic carbocycles. The van der Waals surface area contributed by atoms with Gasteiger partial charge in [0.15, 0.2) is 0 Å². The number of hydrogen-bond acceptors (Lipinski definition) is 2. The molecule has 0 heterocycles. The smallest absolute Gasteiger partial charge is 0.0955 e. The molecule has 2 nitrogen and oxygen atoms in total. The molecule has 2 heteroatoms. The van der Waals surface area contributed by atoms with Crippen molar-refractivity contribution in [1.29, 1.82) is 5.26 Å². The van der Waals surface area contributed by atoms with Crippen LogP contribution in [0.25, 0.3) is 0 Å². The van der Waals surface area contributed by atoms with Crippen molar-refractivity contribution in [2.24, 2.45) is 0 Å². The Morgan fingerprint density at radius 2 is 2.07 bits per heavy atom. The molecule has 1 unspecified atom stereocenters. The van der Waals surface area contributed by atoms with Crippen LogP contribution in [-0.2, 0) is 6.54 Å². The number of nitrogens with one attached hydrogen (secondary N) is 1. The van der Waals surface area contributed by atoms with Crippen LogP contribution in [0.4, 0.5) is 0 Å². The van der Waals surface area contributed by atoms with E-state index in [0.29, 0.717) is 0 Å². The maximum Gasteiger partial charge on any atom is 0.0955 e. The van der Waals surface area contributed by atoms with Crippen molar-refractivity contribution in [3.05, 3.63) is 35.9 Å². The van der Waals surface area contributed by atoms with Crippen LogP contribution in [0.15, 0.2) is 30.3 Å². The number of hydrogen-bond donors (Lipinski definition) is 1. The molecule has 1 aromatic carbocycles. The van der Waals surface area contributed by atoms with E-state index in [-0.39, 0.29) is 6.04 Å². The minimum atomic E-state index is -0.00911. The summed E-state index contributed by atoms with van der Waals surface area (Å²) in [5.74, 6) is 0. The van der Waals surface area contributed by atoms with E-state index in [2.05, 4.69) is 30.4 Å².